The van der Waals surface area contributed by atoms with E-state index in [-0.39, 0.29) is 10.8 Å². The quantitative estimate of drug-likeness (QED) is 0.773. The molecule has 0 aliphatic carbocycles. The van der Waals surface area contributed by atoms with Crippen LogP contribution in [0.25, 0.3) is 0 Å². The Balaban J connectivity index is 2.45. The molecule has 0 bridgehead atoms. The molecule has 0 N–H and O–H groups in total. The van der Waals surface area contributed by atoms with E-state index in [9.17, 15) is 4.79 Å². The van der Waals surface area contributed by atoms with Crippen LogP contribution in [0.4, 0.5) is 0 Å². The van der Waals surface area contributed by atoms with Crippen LogP contribution in [-0.4, -0.2) is 15.3 Å². The molecule has 0 saturated heterocycles. The van der Waals surface area contributed by atoms with Crippen LogP contribution >= 0.6 is 23.2 Å². The van der Waals surface area contributed by atoms with Crippen molar-refractivity contribution < 1.29 is 4.79 Å². The molecule has 0 spiro atoms. The molecule has 16 heavy (non-hydrogen) atoms. The lowest BCUT2D eigenvalue weighted by molar-refractivity contribution is 0.103. The van der Waals surface area contributed by atoms with Crippen LogP contribution < -0.4 is 0 Å². The van der Waals surface area contributed by atoms with Crippen molar-refractivity contribution in [2.24, 2.45) is 7.05 Å². The van der Waals surface area contributed by atoms with Gasteiger partial charge in [-0.25, -0.2) is 4.98 Å². The van der Waals surface area contributed by atoms with E-state index in [2.05, 4.69) is 4.98 Å². The van der Waals surface area contributed by atoms with Crippen LogP contribution in [0.3, 0.4) is 0 Å². The smallest absolute Gasteiger partial charge is 0.214 e. The Kier molecular flexibility index (Phi) is 2.99. The summed E-state index contributed by atoms with van der Waals surface area (Å²) >= 11 is 11.8. The largest absolute Gasteiger partial charge is 0.340 e. The molecule has 1 aromatic heterocycles. The fourth-order valence-corrected chi connectivity index (χ4v) is 1.73. The predicted octanol–water partition coefficient (Wildman–Crippen LogP) is 2.96. The summed E-state index contributed by atoms with van der Waals surface area (Å²) in [5.41, 5.74) is 0.722. The third-order valence-corrected chi connectivity index (χ3v) is 2.95. The molecule has 2 aromatic rings. The zero-order valence-electron chi connectivity index (χ0n) is 8.45. The summed E-state index contributed by atoms with van der Waals surface area (Å²) in [6.07, 6.45) is 3.20. The van der Waals surface area contributed by atoms with Crippen LogP contribution in [-0.2, 0) is 7.05 Å². The molecule has 3 nitrogen and oxygen atoms in total. The lowest BCUT2D eigenvalue weighted by Crippen LogP contribution is -2.02. The first kappa shape index (κ1) is 11.2. The molecule has 0 aliphatic heterocycles. The molecule has 0 saturated carbocycles. The van der Waals surface area contributed by atoms with Gasteiger partial charge in [0.2, 0.25) is 5.78 Å². The first-order valence-electron chi connectivity index (χ1n) is 4.56. The number of hydrogen-bond donors (Lipinski definition) is 0. The Bertz CT molecular complexity index is 549. The molecule has 0 atom stereocenters. The second kappa shape index (κ2) is 4.28. The number of halogens is 2. The number of hydrogen-bond acceptors (Lipinski definition) is 2. The number of rotatable bonds is 2. The molecular weight excluding hydrogens is 247 g/mol. The maximum atomic E-state index is 12.0. The highest BCUT2D eigenvalue weighted by molar-refractivity contribution is 6.44. The number of carbonyl (C=O) groups excluding carboxylic acids is 1. The van der Waals surface area contributed by atoms with Gasteiger partial charge in [0.1, 0.15) is 5.69 Å². The second-order valence-corrected chi connectivity index (χ2v) is 4.14. The van der Waals surface area contributed by atoms with Gasteiger partial charge in [-0.05, 0) is 12.1 Å². The van der Waals surface area contributed by atoms with E-state index < -0.39 is 0 Å². The molecule has 5 heteroatoms. The second-order valence-electron chi connectivity index (χ2n) is 3.35. The number of aromatic nitrogens is 2. The Labute approximate surface area is 103 Å². The molecule has 1 aromatic carbocycles. The van der Waals surface area contributed by atoms with Crippen molar-refractivity contribution in [3.8, 4) is 0 Å². The first-order valence-corrected chi connectivity index (χ1v) is 5.32. The fraction of sp³-hybridized carbons (Fsp3) is 0.0909. The van der Waals surface area contributed by atoms with Gasteiger partial charge in [0.05, 0.1) is 16.4 Å². The summed E-state index contributed by atoms with van der Waals surface area (Å²) in [6, 6.07) is 4.95. The van der Waals surface area contributed by atoms with Crippen LogP contribution in [0.2, 0.25) is 10.0 Å². The normalized spacial score (nSPS) is 10.4. The van der Waals surface area contributed by atoms with Crippen molar-refractivity contribution in [2.45, 2.75) is 0 Å². The van der Waals surface area contributed by atoms with Gasteiger partial charge in [-0.15, -0.1) is 0 Å². The van der Waals surface area contributed by atoms with Gasteiger partial charge < -0.3 is 4.57 Å². The summed E-state index contributed by atoms with van der Waals surface area (Å²) in [5, 5.41) is 0.628. The van der Waals surface area contributed by atoms with Crippen LogP contribution in [0.1, 0.15) is 16.1 Å². The van der Waals surface area contributed by atoms with Crippen molar-refractivity contribution in [2.75, 3.05) is 0 Å². The lowest BCUT2D eigenvalue weighted by atomic mass is 10.1. The highest BCUT2D eigenvalue weighted by Gasteiger charge is 2.16. The van der Waals surface area contributed by atoms with E-state index >= 15 is 0 Å². The van der Waals surface area contributed by atoms with Gasteiger partial charge in [-0.3, -0.25) is 4.79 Å². The number of imidazole rings is 1. The summed E-state index contributed by atoms with van der Waals surface area (Å²) < 4.78 is 1.70. The monoisotopic (exact) mass is 254 g/mol. The van der Waals surface area contributed by atoms with Gasteiger partial charge in [-0.1, -0.05) is 29.3 Å². The molecule has 2 rings (SSSR count). The highest BCUT2D eigenvalue weighted by atomic mass is 35.5. The first-order chi connectivity index (χ1) is 7.59. The van der Waals surface area contributed by atoms with Gasteiger partial charge >= 0.3 is 0 Å². The van der Waals surface area contributed by atoms with E-state index in [1.165, 1.54) is 0 Å². The maximum absolute atomic E-state index is 12.0. The van der Waals surface area contributed by atoms with E-state index in [0.717, 1.165) is 0 Å². The van der Waals surface area contributed by atoms with Gasteiger partial charge in [-0.2, -0.15) is 0 Å². The predicted molar refractivity (Wildman–Crippen MR) is 63.1 cm³/mol. The number of ketones is 1. The molecule has 0 radical (unpaired) electrons. The van der Waals surface area contributed by atoms with E-state index in [1.807, 2.05) is 0 Å². The van der Waals surface area contributed by atoms with Crippen LogP contribution in [0.5, 0.6) is 0 Å². The number of carbonyl (C=O) groups is 1. The van der Waals surface area contributed by atoms with Gasteiger partial charge in [0.15, 0.2) is 0 Å². The third-order valence-electron chi connectivity index (χ3n) is 2.13. The van der Waals surface area contributed by atoms with Crippen molar-refractivity contribution in [3.63, 3.8) is 0 Å². The summed E-state index contributed by atoms with van der Waals surface area (Å²) in [7, 11) is 1.79. The van der Waals surface area contributed by atoms with E-state index in [1.54, 1.807) is 42.3 Å². The summed E-state index contributed by atoms with van der Waals surface area (Å²) in [5.74, 6) is -0.229. The van der Waals surface area contributed by atoms with Crippen LogP contribution in [0, 0.1) is 0 Å². The van der Waals surface area contributed by atoms with Crippen molar-refractivity contribution in [1.29, 1.82) is 0 Å². The lowest BCUT2D eigenvalue weighted by Gasteiger charge is -2.02. The Morgan fingerprint density at radius 3 is 2.75 bits per heavy atom. The Morgan fingerprint density at radius 1 is 1.38 bits per heavy atom. The summed E-state index contributed by atoms with van der Waals surface area (Å²) in [4.78, 5) is 16.0. The minimum Gasteiger partial charge on any atom is -0.340 e. The van der Waals surface area contributed by atoms with Crippen molar-refractivity contribution in [3.05, 3.63) is 52.0 Å². The Hall–Kier alpha value is -1.32. The zero-order valence-corrected chi connectivity index (χ0v) is 9.96. The van der Waals surface area contributed by atoms with Crippen molar-refractivity contribution in [1.82, 2.24) is 9.55 Å². The molecule has 82 valence electrons. The molecule has 0 aliphatic rings. The Morgan fingerprint density at radius 2 is 2.12 bits per heavy atom. The number of aryl methyl sites for hydroxylation is 1. The minimum atomic E-state index is -0.229. The fourth-order valence-electron chi connectivity index (χ4n) is 1.35. The minimum absolute atomic E-state index is 0.229. The van der Waals surface area contributed by atoms with Gasteiger partial charge in [0.25, 0.3) is 0 Å². The average Bonchev–Trinajstić information content (AvgIpc) is 2.68. The average molecular weight is 255 g/mol. The van der Waals surface area contributed by atoms with Crippen molar-refractivity contribution >= 4 is 29.0 Å². The maximum Gasteiger partial charge on any atom is 0.214 e. The number of nitrogens with zero attached hydrogens (tertiary/aromatic N) is 2. The third kappa shape index (κ3) is 1.96. The molecule has 0 fully saturated rings. The highest BCUT2D eigenvalue weighted by Crippen LogP contribution is 2.26. The van der Waals surface area contributed by atoms with Crippen LogP contribution in [0.15, 0.2) is 30.7 Å². The molecule has 1 heterocycles. The van der Waals surface area contributed by atoms with Gasteiger partial charge in [0, 0.05) is 18.8 Å². The van der Waals surface area contributed by atoms with E-state index in [0.29, 0.717) is 16.3 Å². The molecular formula is C11H8Cl2N2O. The molecule has 0 amide bonds. The standard InChI is InChI=1S/C11H8Cl2N2O/c1-15-5-9(14-6-15)11(16)7-3-2-4-8(12)10(7)13/h2-6H,1H3. The topological polar surface area (TPSA) is 34.9 Å². The summed E-state index contributed by atoms with van der Waals surface area (Å²) in [6.45, 7) is 0. The molecule has 0 unspecified atom stereocenters. The van der Waals surface area contributed by atoms with E-state index in [4.69, 9.17) is 23.2 Å². The number of benzene rings is 1. The SMILES string of the molecule is Cn1cnc(C(=O)c2cccc(Cl)c2Cl)c1. The zero-order chi connectivity index (χ0) is 11.7.